The molecule has 1 aliphatic heterocycles. The molecule has 1 aromatic carbocycles. The van der Waals surface area contributed by atoms with Crippen molar-refractivity contribution in [3.05, 3.63) is 33.7 Å². The lowest BCUT2D eigenvalue weighted by Crippen LogP contribution is -2.29. The summed E-state index contributed by atoms with van der Waals surface area (Å²) in [5.41, 5.74) is 3.03. The molecule has 0 saturated carbocycles. The number of carbonyl (C=O) groups is 2. The Kier molecular flexibility index (Phi) is 6.67. The van der Waals surface area contributed by atoms with E-state index in [-0.39, 0.29) is 11.1 Å². The number of benzene rings is 1. The summed E-state index contributed by atoms with van der Waals surface area (Å²) in [5.74, 6) is 0.913. The molecule has 0 atom stereocenters. The first-order valence-electron chi connectivity index (χ1n) is 8.31. The van der Waals surface area contributed by atoms with Crippen LogP contribution in [0.1, 0.15) is 42.9 Å². The summed E-state index contributed by atoms with van der Waals surface area (Å²) in [7, 11) is 3.26. The number of nitrogens with zero attached hydrogens (tertiary/aromatic N) is 1. The molecule has 0 spiro atoms. The lowest BCUT2D eigenvalue weighted by Gasteiger charge is -2.15. The van der Waals surface area contributed by atoms with E-state index in [2.05, 4.69) is 13.8 Å². The Hall–Kier alpha value is -1.79. The van der Waals surface area contributed by atoms with Gasteiger partial charge in [-0.25, -0.2) is 0 Å². The molecule has 1 aromatic rings. The third-order valence-corrected chi connectivity index (χ3v) is 5.04. The lowest BCUT2D eigenvalue weighted by atomic mass is 9.96. The van der Waals surface area contributed by atoms with E-state index in [1.165, 1.54) is 4.90 Å². The minimum Gasteiger partial charge on any atom is -0.496 e. The Labute approximate surface area is 153 Å². The molecule has 0 N–H and O–H groups in total. The summed E-state index contributed by atoms with van der Waals surface area (Å²) in [6.45, 7) is 7.08. The Morgan fingerprint density at radius 1 is 1.24 bits per heavy atom. The monoisotopic (exact) mass is 363 g/mol. The number of aryl methyl sites for hydroxylation is 1. The molecule has 6 heteroatoms. The van der Waals surface area contributed by atoms with E-state index in [9.17, 15) is 9.59 Å². The Morgan fingerprint density at radius 3 is 2.56 bits per heavy atom. The van der Waals surface area contributed by atoms with E-state index in [0.29, 0.717) is 30.4 Å². The molecule has 1 saturated heterocycles. The largest absolute Gasteiger partial charge is 0.496 e. The molecule has 1 aliphatic rings. The second kappa shape index (κ2) is 8.54. The number of ether oxygens (including phenoxy) is 2. The van der Waals surface area contributed by atoms with Crippen molar-refractivity contribution in [1.29, 1.82) is 0 Å². The van der Waals surface area contributed by atoms with Gasteiger partial charge in [0, 0.05) is 20.3 Å². The average Bonchev–Trinajstić information content (AvgIpc) is 2.83. The maximum Gasteiger partial charge on any atom is 0.293 e. The van der Waals surface area contributed by atoms with Crippen LogP contribution >= 0.6 is 11.8 Å². The number of carbonyl (C=O) groups excluding carboxylic acids is 2. The molecule has 1 heterocycles. The van der Waals surface area contributed by atoms with E-state index in [1.807, 2.05) is 25.1 Å². The normalized spacial score (nSPS) is 16.4. The molecule has 0 radical (unpaired) electrons. The molecule has 0 bridgehead atoms. The van der Waals surface area contributed by atoms with E-state index in [4.69, 9.17) is 9.47 Å². The van der Waals surface area contributed by atoms with Crippen LogP contribution in [0.3, 0.4) is 0 Å². The van der Waals surface area contributed by atoms with Gasteiger partial charge in [0.05, 0.1) is 12.0 Å². The van der Waals surface area contributed by atoms with Crippen molar-refractivity contribution in [2.75, 3.05) is 27.4 Å². The minimum atomic E-state index is -0.229. The van der Waals surface area contributed by atoms with Crippen molar-refractivity contribution in [2.24, 2.45) is 0 Å². The maximum absolute atomic E-state index is 12.5. The van der Waals surface area contributed by atoms with Gasteiger partial charge >= 0.3 is 0 Å². The summed E-state index contributed by atoms with van der Waals surface area (Å²) in [6.07, 6.45) is 2.45. The molecule has 25 heavy (non-hydrogen) atoms. The third-order valence-electron chi connectivity index (χ3n) is 4.13. The third kappa shape index (κ3) is 4.44. The van der Waals surface area contributed by atoms with Crippen molar-refractivity contribution in [2.45, 2.75) is 33.1 Å². The highest BCUT2D eigenvalue weighted by Crippen LogP contribution is 2.35. The molecule has 0 aromatic heterocycles. The van der Waals surface area contributed by atoms with Crippen LogP contribution in [0.15, 0.2) is 17.0 Å². The molecule has 1 fully saturated rings. The van der Waals surface area contributed by atoms with Gasteiger partial charge in [0.25, 0.3) is 11.1 Å². The van der Waals surface area contributed by atoms with Gasteiger partial charge in [0.15, 0.2) is 0 Å². The quantitative estimate of drug-likeness (QED) is 0.537. The molecule has 0 aliphatic carbocycles. The lowest BCUT2D eigenvalue weighted by molar-refractivity contribution is -0.122. The van der Waals surface area contributed by atoms with Gasteiger partial charge in [-0.2, -0.15) is 0 Å². The summed E-state index contributed by atoms with van der Waals surface area (Å²) >= 11 is 0.994. The van der Waals surface area contributed by atoms with Crippen LogP contribution in [0.5, 0.6) is 5.75 Å². The molecule has 2 amide bonds. The van der Waals surface area contributed by atoms with Gasteiger partial charge in [0.2, 0.25) is 0 Å². The smallest absolute Gasteiger partial charge is 0.293 e. The van der Waals surface area contributed by atoms with Crippen molar-refractivity contribution < 1.29 is 19.1 Å². The number of thioether (sulfide) groups is 1. The van der Waals surface area contributed by atoms with Crippen molar-refractivity contribution in [1.82, 2.24) is 4.90 Å². The Balaban J connectivity index is 2.30. The van der Waals surface area contributed by atoms with Crippen molar-refractivity contribution >= 4 is 29.0 Å². The van der Waals surface area contributed by atoms with Crippen LogP contribution in [0.2, 0.25) is 0 Å². The van der Waals surface area contributed by atoms with Gasteiger partial charge in [-0.05, 0) is 65.9 Å². The maximum atomic E-state index is 12.5. The Morgan fingerprint density at radius 2 is 1.96 bits per heavy atom. The highest BCUT2D eigenvalue weighted by Gasteiger charge is 2.34. The van der Waals surface area contributed by atoms with Crippen LogP contribution in [0, 0.1) is 6.92 Å². The summed E-state index contributed by atoms with van der Waals surface area (Å²) in [4.78, 5) is 26.4. The topological polar surface area (TPSA) is 55.8 Å². The number of rotatable bonds is 7. The molecular weight excluding hydrogens is 338 g/mol. The van der Waals surface area contributed by atoms with E-state index in [0.717, 1.165) is 34.2 Å². The van der Waals surface area contributed by atoms with Gasteiger partial charge < -0.3 is 9.47 Å². The molecular formula is C19H25NO4S. The predicted molar refractivity (Wildman–Crippen MR) is 101 cm³/mol. The van der Waals surface area contributed by atoms with Crippen LogP contribution in [0.25, 0.3) is 6.08 Å². The number of amides is 2. The average molecular weight is 363 g/mol. The number of hydrogen-bond acceptors (Lipinski definition) is 5. The van der Waals surface area contributed by atoms with Gasteiger partial charge in [-0.3, -0.25) is 14.5 Å². The van der Waals surface area contributed by atoms with E-state index >= 15 is 0 Å². The first kappa shape index (κ1) is 19.5. The van der Waals surface area contributed by atoms with E-state index < -0.39 is 0 Å². The first-order chi connectivity index (χ1) is 11.9. The van der Waals surface area contributed by atoms with Gasteiger partial charge in [0.1, 0.15) is 5.75 Å². The van der Waals surface area contributed by atoms with Gasteiger partial charge in [-0.15, -0.1) is 0 Å². The molecule has 2 rings (SSSR count). The number of imide groups is 1. The minimum absolute atomic E-state index is 0.220. The molecule has 136 valence electrons. The van der Waals surface area contributed by atoms with Crippen molar-refractivity contribution in [3.8, 4) is 5.75 Å². The van der Waals surface area contributed by atoms with Crippen LogP contribution in [-0.4, -0.2) is 43.4 Å². The van der Waals surface area contributed by atoms with Crippen LogP contribution in [0.4, 0.5) is 4.79 Å². The summed E-state index contributed by atoms with van der Waals surface area (Å²) < 4.78 is 10.4. The second-order valence-electron chi connectivity index (χ2n) is 6.29. The van der Waals surface area contributed by atoms with Crippen molar-refractivity contribution in [3.63, 3.8) is 0 Å². The summed E-state index contributed by atoms with van der Waals surface area (Å²) in [5, 5.41) is -0.220. The summed E-state index contributed by atoms with van der Waals surface area (Å²) in [6, 6.07) is 4.02. The number of methoxy groups -OCH3 is 2. The second-order valence-corrected chi connectivity index (χ2v) is 7.28. The fourth-order valence-electron chi connectivity index (χ4n) is 2.70. The highest BCUT2D eigenvalue weighted by molar-refractivity contribution is 8.18. The molecule has 5 nitrogen and oxygen atoms in total. The van der Waals surface area contributed by atoms with Gasteiger partial charge in [-0.1, -0.05) is 13.8 Å². The Bertz CT molecular complexity index is 697. The number of hydrogen-bond donors (Lipinski definition) is 0. The predicted octanol–water partition coefficient (Wildman–Crippen LogP) is 4.20. The zero-order valence-corrected chi connectivity index (χ0v) is 16.2. The fourth-order valence-corrected chi connectivity index (χ4v) is 3.56. The molecule has 0 unspecified atom stereocenters. The van der Waals surface area contributed by atoms with Crippen LogP contribution < -0.4 is 4.74 Å². The fraction of sp³-hybridized carbons (Fsp3) is 0.474. The zero-order chi connectivity index (χ0) is 18.6. The SMILES string of the molecule is COCCCN1C(=O)S/C(=C/c2cc(C(C)C)c(OC)cc2C)C1=O. The van der Waals surface area contributed by atoms with E-state index in [1.54, 1.807) is 14.2 Å². The zero-order valence-electron chi connectivity index (χ0n) is 15.4. The van der Waals surface area contributed by atoms with Crippen LogP contribution in [-0.2, 0) is 9.53 Å². The highest BCUT2D eigenvalue weighted by atomic mass is 32.2. The standard InChI is InChI=1S/C19H25NO4S/c1-12(2)15-10-14(13(3)9-16(15)24-5)11-17-18(21)20(19(22)25-17)7-6-8-23-4/h9-12H,6-8H2,1-5H3/b17-11+. The first-order valence-corrected chi connectivity index (χ1v) is 9.13.